The summed E-state index contributed by atoms with van der Waals surface area (Å²) in [7, 11) is 0. The molecule has 0 atom stereocenters. The molecule has 0 unspecified atom stereocenters. The van der Waals surface area contributed by atoms with E-state index in [0.29, 0.717) is 5.56 Å². The minimum absolute atomic E-state index is 0.0211. The Morgan fingerprint density at radius 1 is 1.40 bits per heavy atom. The fourth-order valence-electron chi connectivity index (χ4n) is 2.64. The molecule has 1 fully saturated rings. The molecule has 0 radical (unpaired) electrons. The van der Waals surface area contributed by atoms with Crippen molar-refractivity contribution >= 4 is 22.8 Å². The molecule has 1 aliphatic carbocycles. The zero-order valence-electron chi connectivity index (χ0n) is 10.8. The first-order valence-corrected chi connectivity index (χ1v) is 6.55. The molecule has 20 heavy (non-hydrogen) atoms. The molecular formula is C14H15N3O3. The lowest BCUT2D eigenvalue weighted by molar-refractivity contribution is -0.139. The second kappa shape index (κ2) is 4.63. The fourth-order valence-corrected chi connectivity index (χ4v) is 2.64. The Balaban J connectivity index is 1.79. The van der Waals surface area contributed by atoms with Crippen LogP contribution in [0, 0.1) is 0 Å². The third-order valence-corrected chi connectivity index (χ3v) is 3.88. The maximum Gasteiger partial charge on any atom is 0.305 e. The van der Waals surface area contributed by atoms with E-state index >= 15 is 0 Å². The van der Waals surface area contributed by atoms with Crippen LogP contribution >= 0.6 is 0 Å². The van der Waals surface area contributed by atoms with Crippen molar-refractivity contribution in [2.45, 2.75) is 31.2 Å². The Labute approximate surface area is 115 Å². The third-order valence-electron chi connectivity index (χ3n) is 3.88. The number of carbonyl (C=O) groups is 2. The van der Waals surface area contributed by atoms with Gasteiger partial charge in [0.2, 0.25) is 0 Å². The van der Waals surface area contributed by atoms with Crippen LogP contribution in [0.3, 0.4) is 0 Å². The average molecular weight is 273 g/mol. The van der Waals surface area contributed by atoms with Gasteiger partial charge in [-0.2, -0.15) is 5.10 Å². The Morgan fingerprint density at radius 3 is 2.85 bits per heavy atom. The van der Waals surface area contributed by atoms with Gasteiger partial charge in [0, 0.05) is 10.9 Å². The first kappa shape index (κ1) is 12.7. The number of nitrogens with zero attached hydrogens (tertiary/aromatic N) is 1. The summed E-state index contributed by atoms with van der Waals surface area (Å²) in [6, 6.07) is 5.26. The Kier molecular flexibility index (Phi) is 2.93. The van der Waals surface area contributed by atoms with E-state index in [1.54, 1.807) is 24.4 Å². The monoisotopic (exact) mass is 273 g/mol. The number of fused-ring (bicyclic) bond motifs is 1. The van der Waals surface area contributed by atoms with Crippen molar-refractivity contribution < 1.29 is 14.7 Å². The summed E-state index contributed by atoms with van der Waals surface area (Å²) in [5, 5.41) is 19.4. The lowest BCUT2D eigenvalue weighted by Gasteiger charge is -2.41. The van der Waals surface area contributed by atoms with Crippen molar-refractivity contribution in [3.63, 3.8) is 0 Å². The summed E-state index contributed by atoms with van der Waals surface area (Å²) in [4.78, 5) is 23.2. The Morgan fingerprint density at radius 2 is 2.20 bits per heavy atom. The number of H-pyrrole nitrogens is 1. The van der Waals surface area contributed by atoms with Gasteiger partial charge in [-0.05, 0) is 37.5 Å². The summed E-state index contributed by atoms with van der Waals surface area (Å²) in [5.74, 6) is -1.11. The number of nitrogens with one attached hydrogen (secondary N) is 2. The van der Waals surface area contributed by atoms with Gasteiger partial charge in [-0.25, -0.2) is 0 Å². The van der Waals surface area contributed by atoms with Crippen molar-refractivity contribution in [1.82, 2.24) is 15.5 Å². The normalized spacial score (nSPS) is 16.6. The molecule has 0 saturated heterocycles. The van der Waals surface area contributed by atoms with E-state index in [0.717, 1.165) is 30.2 Å². The molecular weight excluding hydrogens is 258 g/mol. The van der Waals surface area contributed by atoms with Gasteiger partial charge < -0.3 is 10.4 Å². The quantitative estimate of drug-likeness (QED) is 0.790. The molecule has 1 aromatic carbocycles. The van der Waals surface area contributed by atoms with Gasteiger partial charge in [-0.1, -0.05) is 0 Å². The minimum Gasteiger partial charge on any atom is -0.481 e. The molecule has 0 aliphatic heterocycles. The first-order chi connectivity index (χ1) is 9.58. The van der Waals surface area contributed by atoms with Crippen LogP contribution in [0.2, 0.25) is 0 Å². The highest BCUT2D eigenvalue weighted by Crippen LogP contribution is 2.35. The van der Waals surface area contributed by atoms with Crippen LogP contribution in [0.15, 0.2) is 24.4 Å². The number of aromatic amines is 1. The molecule has 1 saturated carbocycles. The van der Waals surface area contributed by atoms with E-state index in [1.165, 1.54) is 0 Å². The maximum atomic E-state index is 12.3. The van der Waals surface area contributed by atoms with Crippen molar-refractivity contribution in [2.75, 3.05) is 0 Å². The number of carboxylic acids is 1. The van der Waals surface area contributed by atoms with Gasteiger partial charge in [-0.15, -0.1) is 0 Å². The van der Waals surface area contributed by atoms with E-state index in [-0.39, 0.29) is 12.3 Å². The Hall–Kier alpha value is -2.37. The highest BCUT2D eigenvalue weighted by Gasteiger charge is 2.40. The molecule has 0 spiro atoms. The second-order valence-corrected chi connectivity index (χ2v) is 5.33. The third kappa shape index (κ3) is 2.24. The summed E-state index contributed by atoms with van der Waals surface area (Å²) in [6.45, 7) is 0. The summed E-state index contributed by atoms with van der Waals surface area (Å²) >= 11 is 0. The van der Waals surface area contributed by atoms with Crippen molar-refractivity contribution in [1.29, 1.82) is 0 Å². The molecule has 0 bridgehead atoms. The standard InChI is InChI=1S/C14H15N3O3/c18-12(19)7-14(4-1-5-14)16-13(20)9-2-3-11-10(6-9)8-15-17-11/h2-3,6,8H,1,4-5,7H2,(H,15,17)(H,16,20)(H,18,19). The zero-order chi connectivity index (χ0) is 14.2. The van der Waals surface area contributed by atoms with Crippen LogP contribution in [0.1, 0.15) is 36.0 Å². The van der Waals surface area contributed by atoms with Crippen LogP contribution in [0.5, 0.6) is 0 Å². The van der Waals surface area contributed by atoms with Crippen molar-refractivity contribution in [2.24, 2.45) is 0 Å². The van der Waals surface area contributed by atoms with E-state index in [1.807, 2.05) is 0 Å². The number of aromatic nitrogens is 2. The average Bonchev–Trinajstić information content (AvgIpc) is 2.82. The van der Waals surface area contributed by atoms with Crippen LogP contribution in [0.25, 0.3) is 10.9 Å². The number of benzene rings is 1. The number of rotatable bonds is 4. The van der Waals surface area contributed by atoms with Gasteiger partial charge in [0.1, 0.15) is 0 Å². The maximum absolute atomic E-state index is 12.3. The summed E-state index contributed by atoms with van der Waals surface area (Å²) in [5.41, 5.74) is 0.815. The number of hydrogen-bond acceptors (Lipinski definition) is 3. The molecule has 1 aliphatic rings. The smallest absolute Gasteiger partial charge is 0.305 e. The molecule has 6 heteroatoms. The molecule has 104 valence electrons. The second-order valence-electron chi connectivity index (χ2n) is 5.33. The predicted molar refractivity (Wildman–Crippen MR) is 72.4 cm³/mol. The number of carboxylic acid groups (broad SMARTS) is 1. The molecule has 1 aromatic heterocycles. The fraction of sp³-hybridized carbons (Fsp3) is 0.357. The van der Waals surface area contributed by atoms with Gasteiger partial charge >= 0.3 is 5.97 Å². The molecule has 1 heterocycles. The van der Waals surface area contributed by atoms with E-state index in [4.69, 9.17) is 5.11 Å². The van der Waals surface area contributed by atoms with Crippen molar-refractivity contribution in [3.8, 4) is 0 Å². The number of carbonyl (C=O) groups excluding carboxylic acids is 1. The number of amides is 1. The molecule has 6 nitrogen and oxygen atoms in total. The van der Waals surface area contributed by atoms with E-state index in [2.05, 4.69) is 15.5 Å². The number of aliphatic carboxylic acids is 1. The van der Waals surface area contributed by atoms with Crippen LogP contribution in [-0.4, -0.2) is 32.7 Å². The zero-order valence-corrected chi connectivity index (χ0v) is 10.8. The van der Waals surface area contributed by atoms with Crippen molar-refractivity contribution in [3.05, 3.63) is 30.0 Å². The molecule has 3 N–H and O–H groups in total. The highest BCUT2D eigenvalue weighted by atomic mass is 16.4. The van der Waals surface area contributed by atoms with Crippen LogP contribution < -0.4 is 5.32 Å². The predicted octanol–water partition coefficient (Wildman–Crippen LogP) is 1.69. The topological polar surface area (TPSA) is 95.1 Å². The lowest BCUT2D eigenvalue weighted by atomic mass is 9.74. The SMILES string of the molecule is O=C(O)CC1(NC(=O)c2ccc3[nH]ncc3c2)CCC1. The number of hydrogen-bond donors (Lipinski definition) is 3. The molecule has 2 aromatic rings. The van der Waals surface area contributed by atoms with Crippen LogP contribution in [-0.2, 0) is 4.79 Å². The van der Waals surface area contributed by atoms with Crippen LogP contribution in [0.4, 0.5) is 0 Å². The lowest BCUT2D eigenvalue weighted by Crippen LogP contribution is -2.54. The van der Waals surface area contributed by atoms with Gasteiger partial charge in [0.15, 0.2) is 0 Å². The summed E-state index contributed by atoms with van der Waals surface area (Å²) in [6.07, 6.45) is 4.03. The highest BCUT2D eigenvalue weighted by molar-refractivity contribution is 5.98. The van der Waals surface area contributed by atoms with E-state index < -0.39 is 11.5 Å². The van der Waals surface area contributed by atoms with E-state index in [9.17, 15) is 9.59 Å². The van der Waals surface area contributed by atoms with Gasteiger partial charge in [0.25, 0.3) is 5.91 Å². The Bertz CT molecular complexity index is 673. The molecule has 1 amide bonds. The molecule has 3 rings (SSSR count). The minimum atomic E-state index is -0.879. The first-order valence-electron chi connectivity index (χ1n) is 6.55. The summed E-state index contributed by atoms with van der Waals surface area (Å²) < 4.78 is 0. The van der Waals surface area contributed by atoms with Gasteiger partial charge in [0.05, 0.1) is 23.7 Å². The van der Waals surface area contributed by atoms with Gasteiger partial charge in [-0.3, -0.25) is 14.7 Å². The largest absolute Gasteiger partial charge is 0.481 e.